The maximum absolute atomic E-state index is 12.8. The van der Waals surface area contributed by atoms with Crippen LogP contribution in [0.4, 0.5) is 5.00 Å². The van der Waals surface area contributed by atoms with Crippen LogP contribution in [0, 0.1) is 32.1 Å². The van der Waals surface area contributed by atoms with Crippen LogP contribution in [0.15, 0.2) is 42.6 Å². The van der Waals surface area contributed by atoms with Crippen LogP contribution in [-0.4, -0.2) is 20.7 Å². The Hall–Kier alpha value is -3.50. The van der Waals surface area contributed by atoms with Crippen LogP contribution in [0.5, 0.6) is 0 Å². The summed E-state index contributed by atoms with van der Waals surface area (Å²) in [6.07, 6.45) is 1.53. The van der Waals surface area contributed by atoms with Crippen LogP contribution in [0.2, 0.25) is 0 Å². The molecule has 3 heterocycles. The normalized spacial score (nSPS) is 10.8. The van der Waals surface area contributed by atoms with E-state index in [9.17, 15) is 10.1 Å². The molecule has 7 heteroatoms. The summed E-state index contributed by atoms with van der Waals surface area (Å²) in [5.74, 6) is 0.359. The molecule has 28 heavy (non-hydrogen) atoms. The van der Waals surface area contributed by atoms with E-state index in [4.69, 9.17) is 0 Å². The van der Waals surface area contributed by atoms with Crippen LogP contribution >= 0.6 is 11.3 Å². The van der Waals surface area contributed by atoms with Crippen molar-refractivity contribution >= 4 is 33.1 Å². The Morgan fingerprint density at radius 3 is 2.75 bits per heavy atom. The van der Waals surface area contributed by atoms with Crippen LogP contribution in [0.25, 0.3) is 16.7 Å². The average molecular weight is 387 g/mol. The first-order valence-corrected chi connectivity index (χ1v) is 9.53. The number of hydrogen-bond donors (Lipinski definition) is 1. The zero-order chi connectivity index (χ0) is 19.8. The molecule has 3 aromatic heterocycles. The number of nitrogens with one attached hydrogen (secondary N) is 1. The van der Waals surface area contributed by atoms with Crippen molar-refractivity contribution in [3.63, 3.8) is 0 Å². The highest BCUT2D eigenvalue weighted by Crippen LogP contribution is 2.32. The molecule has 1 N–H and O–H groups in total. The largest absolute Gasteiger partial charge is 0.312 e. The number of rotatable bonds is 3. The monoisotopic (exact) mass is 387 g/mol. The fourth-order valence-electron chi connectivity index (χ4n) is 3.06. The minimum Gasteiger partial charge on any atom is -0.312 e. The highest BCUT2D eigenvalue weighted by atomic mass is 32.1. The number of thiophene rings is 1. The summed E-state index contributed by atoms with van der Waals surface area (Å²) in [6.45, 7) is 5.65. The topological polar surface area (TPSA) is 83.6 Å². The van der Waals surface area contributed by atoms with E-state index in [1.54, 1.807) is 4.68 Å². The smallest absolute Gasteiger partial charge is 0.259 e. The summed E-state index contributed by atoms with van der Waals surface area (Å²) in [5.41, 5.74) is 3.41. The minimum atomic E-state index is -0.290. The molecule has 0 saturated carbocycles. The number of amides is 1. The minimum absolute atomic E-state index is 0.290. The molecule has 4 rings (SSSR count). The van der Waals surface area contributed by atoms with Gasteiger partial charge in [-0.25, -0.2) is 9.67 Å². The van der Waals surface area contributed by atoms with Gasteiger partial charge >= 0.3 is 0 Å². The molecule has 0 aliphatic heterocycles. The van der Waals surface area contributed by atoms with Crippen molar-refractivity contribution in [2.24, 2.45) is 0 Å². The molecule has 0 atom stereocenters. The van der Waals surface area contributed by atoms with Gasteiger partial charge in [-0.05, 0) is 44.5 Å². The molecule has 0 radical (unpaired) electrons. The van der Waals surface area contributed by atoms with Crippen molar-refractivity contribution in [1.29, 1.82) is 5.26 Å². The number of fused-ring (bicyclic) bond motifs is 1. The number of carbonyl (C=O) groups is 1. The molecule has 1 amide bonds. The van der Waals surface area contributed by atoms with Gasteiger partial charge in [-0.1, -0.05) is 18.2 Å². The highest BCUT2D eigenvalue weighted by molar-refractivity contribution is 7.16. The quantitative estimate of drug-likeness (QED) is 0.560. The van der Waals surface area contributed by atoms with E-state index in [0.717, 1.165) is 21.3 Å². The van der Waals surface area contributed by atoms with Crippen molar-refractivity contribution in [3.05, 3.63) is 69.9 Å². The second-order valence-electron chi connectivity index (χ2n) is 6.47. The van der Waals surface area contributed by atoms with E-state index in [1.807, 2.05) is 57.2 Å². The number of nitrogens with zero attached hydrogens (tertiary/aromatic N) is 4. The predicted molar refractivity (Wildman–Crippen MR) is 110 cm³/mol. The molecule has 4 aromatic rings. The molecule has 0 fully saturated rings. The second kappa shape index (κ2) is 6.91. The Balaban J connectivity index is 1.67. The number of pyridine rings is 1. The van der Waals surface area contributed by atoms with Gasteiger partial charge in [0.1, 0.15) is 11.1 Å². The molecule has 0 saturated heterocycles. The number of benzene rings is 1. The van der Waals surface area contributed by atoms with Gasteiger partial charge in [0.2, 0.25) is 0 Å². The van der Waals surface area contributed by atoms with Gasteiger partial charge in [0.25, 0.3) is 5.91 Å². The summed E-state index contributed by atoms with van der Waals surface area (Å²) < 4.78 is 1.65. The van der Waals surface area contributed by atoms with E-state index < -0.39 is 0 Å². The Morgan fingerprint density at radius 2 is 1.96 bits per heavy atom. The molecule has 1 aromatic carbocycles. The summed E-state index contributed by atoms with van der Waals surface area (Å²) in [5, 5.41) is 18.2. The van der Waals surface area contributed by atoms with Gasteiger partial charge in [-0.2, -0.15) is 10.4 Å². The van der Waals surface area contributed by atoms with Gasteiger partial charge in [0.05, 0.1) is 28.5 Å². The number of carbonyl (C=O) groups excluding carboxylic acids is 1. The Morgan fingerprint density at radius 1 is 1.18 bits per heavy atom. The summed E-state index contributed by atoms with van der Waals surface area (Å²) in [4.78, 5) is 18.4. The first-order chi connectivity index (χ1) is 13.5. The number of nitriles is 1. The zero-order valence-electron chi connectivity index (χ0n) is 15.6. The van der Waals surface area contributed by atoms with E-state index in [-0.39, 0.29) is 5.91 Å². The molecule has 0 aliphatic carbocycles. The number of aromatic nitrogens is 3. The number of anilines is 1. The molecule has 0 bridgehead atoms. The summed E-state index contributed by atoms with van der Waals surface area (Å²) in [6, 6.07) is 13.9. The lowest BCUT2D eigenvalue weighted by molar-refractivity contribution is 0.102. The third kappa shape index (κ3) is 2.94. The molecule has 0 spiro atoms. The molecular formula is C21H17N5OS. The maximum Gasteiger partial charge on any atom is 0.259 e. The molecular weight excluding hydrogens is 370 g/mol. The molecule has 0 unspecified atom stereocenters. The highest BCUT2D eigenvalue weighted by Gasteiger charge is 2.19. The third-order valence-corrected chi connectivity index (χ3v) is 5.90. The SMILES string of the molecule is Cc1sc(NC(=O)c2cnn(-c3ccc4ccccc4n3)c2C)c(C#N)c1C. The number of hydrogen-bond acceptors (Lipinski definition) is 5. The molecule has 138 valence electrons. The van der Waals surface area contributed by atoms with Crippen molar-refractivity contribution in [2.75, 3.05) is 5.32 Å². The summed E-state index contributed by atoms with van der Waals surface area (Å²) in [7, 11) is 0. The standard InChI is InChI=1S/C21H17N5OS/c1-12-14(3)28-21(16(12)10-22)25-20(27)17-11-23-26(13(17)2)19-9-8-15-6-4-5-7-18(15)24-19/h4-9,11H,1-3H3,(H,25,27). The first-order valence-electron chi connectivity index (χ1n) is 8.72. The van der Waals surface area contributed by atoms with E-state index >= 15 is 0 Å². The van der Waals surface area contributed by atoms with E-state index in [2.05, 4.69) is 21.5 Å². The van der Waals surface area contributed by atoms with Crippen molar-refractivity contribution < 1.29 is 4.79 Å². The third-order valence-electron chi connectivity index (χ3n) is 4.78. The number of para-hydroxylation sites is 1. The van der Waals surface area contributed by atoms with Gasteiger partial charge in [-0.15, -0.1) is 11.3 Å². The first kappa shape index (κ1) is 17.9. The molecule has 0 aliphatic rings. The van der Waals surface area contributed by atoms with Gasteiger partial charge in [-0.3, -0.25) is 4.79 Å². The van der Waals surface area contributed by atoms with Crippen LogP contribution in [-0.2, 0) is 0 Å². The Labute approximate surface area is 166 Å². The van der Waals surface area contributed by atoms with Crippen LogP contribution < -0.4 is 5.32 Å². The Kier molecular flexibility index (Phi) is 4.41. The van der Waals surface area contributed by atoms with Gasteiger partial charge in [0, 0.05) is 10.3 Å². The Bertz CT molecular complexity index is 1260. The lowest BCUT2D eigenvalue weighted by Gasteiger charge is -2.06. The fraction of sp³-hybridized carbons (Fsp3) is 0.143. The van der Waals surface area contributed by atoms with Crippen LogP contribution in [0.3, 0.4) is 0 Å². The summed E-state index contributed by atoms with van der Waals surface area (Å²) >= 11 is 1.41. The second-order valence-corrected chi connectivity index (χ2v) is 7.70. The average Bonchev–Trinajstić information content (AvgIpc) is 3.21. The van der Waals surface area contributed by atoms with E-state index in [1.165, 1.54) is 17.5 Å². The van der Waals surface area contributed by atoms with Gasteiger partial charge < -0.3 is 5.32 Å². The fourth-order valence-corrected chi connectivity index (χ4v) is 4.06. The maximum atomic E-state index is 12.8. The lowest BCUT2D eigenvalue weighted by Crippen LogP contribution is -2.13. The van der Waals surface area contributed by atoms with E-state index in [0.29, 0.717) is 27.6 Å². The van der Waals surface area contributed by atoms with Crippen molar-refractivity contribution in [1.82, 2.24) is 14.8 Å². The predicted octanol–water partition coefficient (Wildman–Crippen LogP) is 4.53. The van der Waals surface area contributed by atoms with Crippen molar-refractivity contribution in [2.45, 2.75) is 20.8 Å². The molecule has 6 nitrogen and oxygen atoms in total. The lowest BCUT2D eigenvalue weighted by atomic mass is 10.2. The zero-order valence-corrected chi connectivity index (χ0v) is 16.5. The van der Waals surface area contributed by atoms with Crippen molar-refractivity contribution in [3.8, 4) is 11.9 Å². The van der Waals surface area contributed by atoms with Gasteiger partial charge in [0.15, 0.2) is 5.82 Å². The number of aryl methyl sites for hydroxylation is 1. The van der Waals surface area contributed by atoms with Crippen LogP contribution in [0.1, 0.15) is 32.1 Å².